The Balaban J connectivity index is 3.30. The molecule has 0 heterocycles. The lowest BCUT2D eigenvalue weighted by atomic mass is 9.93. The first kappa shape index (κ1) is 28.1. The topological polar surface area (TPSA) is 41.5 Å². The molecule has 0 spiro atoms. The number of nitrogens with one attached hydrogen (secondary N) is 1. The van der Waals surface area contributed by atoms with Crippen LogP contribution in [-0.2, 0) is 4.79 Å². The van der Waals surface area contributed by atoms with Gasteiger partial charge in [-0.15, -0.1) is 0 Å². The van der Waals surface area contributed by atoms with Crippen LogP contribution >= 0.6 is 23.2 Å². The first-order chi connectivity index (χ1) is 14.1. The third-order valence-corrected chi connectivity index (χ3v) is 4.24. The molecule has 1 rings (SSSR count). The minimum absolute atomic E-state index is 0.256. The van der Waals surface area contributed by atoms with Gasteiger partial charge in [0.2, 0.25) is 0 Å². The zero-order valence-electron chi connectivity index (χ0n) is 14.3. The number of rotatable bonds is 7. The molecule has 3 nitrogen and oxygen atoms in total. The van der Waals surface area contributed by atoms with Gasteiger partial charge in [-0.2, -0.15) is 62.2 Å². The molecule has 0 bridgehead atoms. The number of hydrogen-bond donors (Lipinski definition) is 1. The smallest absolute Gasteiger partial charge is 0.266 e. The largest absolute Gasteiger partial charge is 0.460 e. The molecular weight excluding hydrogens is 530 g/mol. The number of alkyl halides is 13. The van der Waals surface area contributed by atoms with E-state index in [9.17, 15) is 61.9 Å². The van der Waals surface area contributed by atoms with Crippen LogP contribution in [0.1, 0.15) is 5.56 Å². The minimum atomic E-state index is -8.11. The molecular formula is C14H5Cl2F13N2O. The van der Waals surface area contributed by atoms with Crippen molar-refractivity contribution in [2.45, 2.75) is 35.8 Å². The molecule has 0 aromatic heterocycles. The van der Waals surface area contributed by atoms with E-state index in [4.69, 9.17) is 23.2 Å². The molecule has 0 radical (unpaired) electrons. The van der Waals surface area contributed by atoms with Gasteiger partial charge < -0.3 is 0 Å². The molecule has 0 saturated carbocycles. The highest BCUT2D eigenvalue weighted by atomic mass is 35.5. The number of hydrogen-bond acceptors (Lipinski definition) is 2. The van der Waals surface area contributed by atoms with Crippen LogP contribution in [-0.4, -0.2) is 47.9 Å². The number of carbonyl (C=O) groups is 1. The van der Waals surface area contributed by atoms with Crippen LogP contribution in [0.5, 0.6) is 0 Å². The maximum Gasteiger partial charge on any atom is 0.460 e. The van der Waals surface area contributed by atoms with E-state index in [2.05, 4.69) is 5.10 Å². The summed E-state index contributed by atoms with van der Waals surface area (Å²) in [6.45, 7) is 0. The summed E-state index contributed by atoms with van der Waals surface area (Å²) < 4.78 is 168. The van der Waals surface area contributed by atoms with Gasteiger partial charge in [0.1, 0.15) is 0 Å². The van der Waals surface area contributed by atoms with Crippen LogP contribution in [0, 0.1) is 0 Å². The summed E-state index contributed by atoms with van der Waals surface area (Å²) in [7, 11) is 0. The first-order valence-corrected chi connectivity index (χ1v) is 8.06. The average Bonchev–Trinajstić information content (AvgIpc) is 2.62. The predicted octanol–water partition coefficient (Wildman–Crippen LogP) is 6.18. The highest BCUT2D eigenvalue weighted by molar-refractivity contribution is 6.38. The Morgan fingerprint density at radius 1 is 0.750 bits per heavy atom. The van der Waals surface area contributed by atoms with Crippen molar-refractivity contribution in [3.63, 3.8) is 0 Å². The second kappa shape index (κ2) is 8.43. The van der Waals surface area contributed by atoms with Gasteiger partial charge in [-0.3, -0.25) is 4.79 Å². The zero-order valence-corrected chi connectivity index (χ0v) is 15.8. The van der Waals surface area contributed by atoms with Crippen molar-refractivity contribution in [2.24, 2.45) is 5.10 Å². The van der Waals surface area contributed by atoms with Crippen LogP contribution in [0.15, 0.2) is 23.3 Å². The van der Waals surface area contributed by atoms with E-state index in [1.165, 1.54) is 6.07 Å². The van der Waals surface area contributed by atoms with Crippen molar-refractivity contribution in [3.05, 3.63) is 33.8 Å². The van der Waals surface area contributed by atoms with Gasteiger partial charge in [0.25, 0.3) is 0 Å². The maximum absolute atomic E-state index is 13.6. The van der Waals surface area contributed by atoms with Gasteiger partial charge in [-0.25, -0.2) is 5.43 Å². The Morgan fingerprint density at radius 3 is 1.56 bits per heavy atom. The second-order valence-electron chi connectivity index (χ2n) is 5.70. The fourth-order valence-corrected chi connectivity index (χ4v) is 2.27. The summed E-state index contributed by atoms with van der Waals surface area (Å²) in [5.41, 5.74) is 0.180. The Labute approximate surface area is 178 Å². The van der Waals surface area contributed by atoms with Crippen LogP contribution in [0.3, 0.4) is 0 Å². The number of amides is 1. The van der Waals surface area contributed by atoms with Crippen molar-refractivity contribution in [2.75, 3.05) is 0 Å². The standard InChI is InChI=1S/C14H5Cl2F13N2O/c15-6-2-1-3-7(16)5(6)4-30-31-8(32)9(17,18)10(19,20)11(21,22)12(23,24)13(25,26)14(27,28)29/h1-4H,(H,31,32)/b30-4+. The monoisotopic (exact) mass is 534 g/mol. The van der Waals surface area contributed by atoms with E-state index in [0.717, 1.165) is 12.1 Å². The molecule has 1 amide bonds. The number of halogens is 15. The van der Waals surface area contributed by atoms with Crippen LogP contribution in [0.25, 0.3) is 0 Å². The summed E-state index contributed by atoms with van der Waals surface area (Å²) in [6, 6.07) is 3.51. The highest BCUT2D eigenvalue weighted by Gasteiger charge is 2.91. The molecule has 32 heavy (non-hydrogen) atoms. The summed E-state index contributed by atoms with van der Waals surface area (Å²) in [4.78, 5) is 11.2. The quantitative estimate of drug-likeness (QED) is 0.253. The van der Waals surface area contributed by atoms with Crippen LogP contribution in [0.2, 0.25) is 10.0 Å². The predicted molar refractivity (Wildman–Crippen MR) is 83.0 cm³/mol. The van der Waals surface area contributed by atoms with Crippen molar-refractivity contribution < 1.29 is 61.9 Å². The molecule has 1 N–H and O–H groups in total. The molecule has 0 aliphatic heterocycles. The zero-order chi connectivity index (χ0) is 25.6. The third-order valence-electron chi connectivity index (χ3n) is 3.58. The Morgan fingerprint density at radius 2 is 1.16 bits per heavy atom. The fourth-order valence-electron chi connectivity index (χ4n) is 1.77. The highest BCUT2D eigenvalue weighted by Crippen LogP contribution is 2.60. The minimum Gasteiger partial charge on any atom is -0.266 e. The van der Waals surface area contributed by atoms with E-state index in [-0.39, 0.29) is 15.6 Å². The molecule has 18 heteroatoms. The molecule has 0 unspecified atom stereocenters. The number of carbonyl (C=O) groups excluding carboxylic acids is 1. The van der Waals surface area contributed by atoms with Gasteiger partial charge in [0.05, 0.1) is 16.3 Å². The first-order valence-electron chi connectivity index (χ1n) is 7.30. The number of benzene rings is 1. The molecule has 1 aromatic rings. The average molecular weight is 535 g/mol. The lowest BCUT2D eigenvalue weighted by Gasteiger charge is -2.38. The van der Waals surface area contributed by atoms with Gasteiger partial charge >= 0.3 is 41.7 Å². The maximum atomic E-state index is 13.6. The molecule has 182 valence electrons. The van der Waals surface area contributed by atoms with E-state index in [1.807, 2.05) is 0 Å². The fraction of sp³-hybridized carbons (Fsp3) is 0.429. The van der Waals surface area contributed by atoms with Crippen LogP contribution in [0.4, 0.5) is 57.1 Å². The molecule has 1 aromatic carbocycles. The molecule has 0 aliphatic carbocycles. The Kier molecular flexibility index (Phi) is 7.39. The van der Waals surface area contributed by atoms with Gasteiger partial charge in [0, 0.05) is 5.56 Å². The number of nitrogens with zero attached hydrogens (tertiary/aromatic N) is 1. The molecule has 0 fully saturated rings. The summed E-state index contributed by atoms with van der Waals surface area (Å²) in [6.07, 6.45) is -7.23. The summed E-state index contributed by atoms with van der Waals surface area (Å²) >= 11 is 11.2. The Hall–Kier alpha value is -1.97. The van der Waals surface area contributed by atoms with Gasteiger partial charge in [-0.05, 0) is 12.1 Å². The second-order valence-corrected chi connectivity index (χ2v) is 6.52. The Bertz CT molecular complexity index is 879. The van der Waals surface area contributed by atoms with Crippen molar-refractivity contribution in [1.82, 2.24) is 5.43 Å². The lowest BCUT2D eigenvalue weighted by Crippen LogP contribution is -2.71. The van der Waals surface area contributed by atoms with E-state index in [1.54, 1.807) is 0 Å². The van der Waals surface area contributed by atoms with Crippen molar-refractivity contribution >= 4 is 35.3 Å². The molecule has 0 atom stereocenters. The van der Waals surface area contributed by atoms with E-state index < -0.39 is 41.7 Å². The summed E-state index contributed by atoms with van der Waals surface area (Å²) in [5, 5.41) is 2.10. The molecule has 0 saturated heterocycles. The third kappa shape index (κ3) is 4.30. The van der Waals surface area contributed by atoms with Crippen molar-refractivity contribution in [3.8, 4) is 0 Å². The molecule has 0 aliphatic rings. The normalized spacial score (nSPS) is 14.7. The van der Waals surface area contributed by atoms with Crippen LogP contribution < -0.4 is 5.43 Å². The van der Waals surface area contributed by atoms with E-state index in [0.29, 0.717) is 11.6 Å². The van der Waals surface area contributed by atoms with Gasteiger partial charge in [-0.1, -0.05) is 29.3 Å². The van der Waals surface area contributed by atoms with E-state index >= 15 is 0 Å². The SMILES string of the molecule is O=C(N/N=C/c1c(Cl)cccc1Cl)C(F)(F)C(F)(F)C(F)(F)C(F)(F)C(F)(F)C(F)(F)F. The number of hydrazone groups is 1. The van der Waals surface area contributed by atoms with Gasteiger partial charge in [0.15, 0.2) is 0 Å². The van der Waals surface area contributed by atoms with Crippen molar-refractivity contribution in [1.29, 1.82) is 0 Å². The lowest BCUT2D eigenvalue weighted by molar-refractivity contribution is -0.436. The summed E-state index contributed by atoms with van der Waals surface area (Å²) in [5.74, 6) is -42.4.